The summed E-state index contributed by atoms with van der Waals surface area (Å²) in [7, 11) is 0. The maximum absolute atomic E-state index is 15.5. The van der Waals surface area contributed by atoms with E-state index in [0.29, 0.717) is 47.0 Å². The number of hydrogen-bond acceptors (Lipinski definition) is 8. The van der Waals surface area contributed by atoms with Crippen molar-refractivity contribution in [3.05, 3.63) is 129 Å². The topological polar surface area (TPSA) is 129 Å². The van der Waals surface area contributed by atoms with Gasteiger partial charge in [-0.25, -0.2) is 4.98 Å². The second kappa shape index (κ2) is 15.3. The number of benzene rings is 3. The predicted octanol–water partition coefficient (Wildman–Crippen LogP) is 9.01. The number of hydrogen-bond donors (Lipinski definition) is 2. The summed E-state index contributed by atoms with van der Waals surface area (Å²) in [5.74, 6) is -6.82. The van der Waals surface area contributed by atoms with Crippen LogP contribution < -0.4 is 10.2 Å². The number of carbonyl (C=O) groups is 4. The number of pyridine rings is 1. The number of amides is 4. The number of carbonyl (C=O) groups excluding carboxylic acids is 4. The quantitative estimate of drug-likeness (QED) is 0.133. The number of phenols is 1. The molecular weight excluding hydrogens is 820 g/mol. The molecule has 310 valence electrons. The van der Waals surface area contributed by atoms with Gasteiger partial charge in [-0.3, -0.25) is 29.5 Å². The third-order valence-corrected chi connectivity index (χ3v) is 13.6. The third-order valence-electron chi connectivity index (χ3n) is 13.1. The number of allylic oxidation sites excluding steroid dienone is 2. The lowest BCUT2D eigenvalue weighted by Gasteiger charge is -2.50. The first kappa shape index (κ1) is 40.0. The molecule has 15 heteroatoms. The van der Waals surface area contributed by atoms with E-state index in [-0.39, 0.29) is 54.4 Å². The molecule has 0 unspecified atom stereocenters. The molecule has 4 amide bonds. The summed E-state index contributed by atoms with van der Waals surface area (Å²) in [4.78, 5) is 64.6. The van der Waals surface area contributed by atoms with Crippen molar-refractivity contribution in [2.24, 2.45) is 23.7 Å². The first-order valence-corrected chi connectivity index (χ1v) is 20.7. The van der Waals surface area contributed by atoms with Crippen LogP contribution in [0.4, 0.5) is 19.0 Å². The number of nitrogens with one attached hydrogen (secondary N) is 1. The molecule has 3 aromatic carbocycles. The summed E-state index contributed by atoms with van der Waals surface area (Å²) in [5, 5.41) is 12.6. The van der Waals surface area contributed by atoms with E-state index >= 15 is 4.79 Å². The molecule has 0 spiro atoms. The van der Waals surface area contributed by atoms with Crippen LogP contribution in [0.3, 0.4) is 0 Å². The van der Waals surface area contributed by atoms with Gasteiger partial charge in [0, 0.05) is 34.8 Å². The number of likely N-dealkylation sites (tertiary alicyclic amines) is 1. The summed E-state index contributed by atoms with van der Waals surface area (Å²) >= 11 is 12.7. The van der Waals surface area contributed by atoms with Crippen molar-refractivity contribution in [2.45, 2.75) is 75.1 Å². The largest absolute Gasteiger partial charge is 0.508 e. The molecule has 1 aromatic heterocycles. The number of nitrogens with zero attached hydrogens (tertiary/aromatic N) is 3. The number of ether oxygens (including phenoxy) is 1. The Hall–Kier alpha value is -5.40. The first-order chi connectivity index (χ1) is 28.8. The maximum Gasteiger partial charge on any atom is 0.417 e. The highest BCUT2D eigenvalue weighted by molar-refractivity contribution is 6.33. The monoisotopic (exact) mass is 858 g/mol. The smallest absolute Gasteiger partial charge is 0.417 e. The average molecular weight is 860 g/mol. The highest BCUT2D eigenvalue weighted by Crippen LogP contribution is 2.65. The van der Waals surface area contributed by atoms with E-state index in [0.717, 1.165) is 29.8 Å². The SMILES string of the molecule is O=C1[C@@H]2C[C@@H]3C(=CC[C@@H]4C(=O)N(C5CCCCC5)C(=O)[C@@H]43)[C@H](c3ccc(OCc4ccccc4)cc3O)[C@]2(c2ccc(Cl)cc2)C(=O)N1Nc1ncc(C(F)(F)F)cc1Cl. The van der Waals surface area contributed by atoms with Gasteiger partial charge in [0.25, 0.3) is 11.8 Å². The zero-order valence-electron chi connectivity index (χ0n) is 32.0. The fourth-order valence-electron chi connectivity index (χ4n) is 10.4. The highest BCUT2D eigenvalue weighted by Gasteiger charge is 2.71. The number of fused-ring (bicyclic) bond motifs is 4. The van der Waals surface area contributed by atoms with Gasteiger partial charge in [0.05, 0.1) is 33.8 Å². The van der Waals surface area contributed by atoms with Crippen molar-refractivity contribution >= 4 is 52.6 Å². The van der Waals surface area contributed by atoms with E-state index in [1.54, 1.807) is 36.4 Å². The lowest BCUT2D eigenvalue weighted by molar-refractivity contribution is -0.144. The molecule has 6 atom stereocenters. The van der Waals surface area contributed by atoms with Crippen LogP contribution in [0, 0.1) is 23.7 Å². The molecule has 2 saturated heterocycles. The van der Waals surface area contributed by atoms with Gasteiger partial charge in [-0.2, -0.15) is 18.2 Å². The number of phenolic OH excluding ortho intramolecular Hbond substituents is 1. The number of imide groups is 2. The number of anilines is 1. The molecule has 0 bridgehead atoms. The second-order valence-electron chi connectivity index (χ2n) is 16.3. The molecule has 60 heavy (non-hydrogen) atoms. The molecular formula is C45H39Cl2F3N4O6. The van der Waals surface area contributed by atoms with Crippen molar-refractivity contribution in [2.75, 3.05) is 5.43 Å². The molecule has 0 radical (unpaired) electrons. The lowest BCUT2D eigenvalue weighted by atomic mass is 9.49. The van der Waals surface area contributed by atoms with Crippen molar-refractivity contribution in [3.63, 3.8) is 0 Å². The molecule has 2 saturated carbocycles. The van der Waals surface area contributed by atoms with Crippen molar-refractivity contribution in [1.82, 2.24) is 14.9 Å². The van der Waals surface area contributed by atoms with Crippen molar-refractivity contribution in [3.8, 4) is 11.5 Å². The minimum atomic E-state index is -4.76. The van der Waals surface area contributed by atoms with Gasteiger partial charge in [0.2, 0.25) is 11.8 Å². The number of aromatic nitrogens is 1. The molecule has 2 aliphatic heterocycles. The maximum atomic E-state index is 15.5. The molecule has 3 heterocycles. The highest BCUT2D eigenvalue weighted by atomic mass is 35.5. The molecule has 3 aliphatic carbocycles. The van der Waals surface area contributed by atoms with E-state index in [4.69, 9.17) is 27.9 Å². The molecule has 9 rings (SSSR count). The minimum Gasteiger partial charge on any atom is -0.508 e. The Morgan fingerprint density at radius 1 is 0.883 bits per heavy atom. The fourth-order valence-corrected chi connectivity index (χ4v) is 10.8. The van der Waals surface area contributed by atoms with Gasteiger partial charge in [-0.15, -0.1) is 0 Å². The Kier molecular flexibility index (Phi) is 10.2. The summed E-state index contributed by atoms with van der Waals surface area (Å²) in [6.07, 6.45) is 2.12. The summed E-state index contributed by atoms with van der Waals surface area (Å²) in [5.41, 5.74) is 1.87. The normalized spacial score (nSPS) is 26.8. The van der Waals surface area contributed by atoms with Gasteiger partial charge in [-0.05, 0) is 67.0 Å². The average Bonchev–Trinajstić information content (AvgIpc) is 3.62. The van der Waals surface area contributed by atoms with Crippen LogP contribution in [0.1, 0.15) is 73.1 Å². The number of alkyl halides is 3. The number of hydrazine groups is 1. The zero-order chi connectivity index (χ0) is 42.1. The standard InChI is InChI=1S/C45H39Cl2F3N4O6/c46-27-13-11-25(12-14-27)44-34(41(57)54(43(44)59)52-39-35(47)19-26(22-51-39)45(48,49)50)21-33-30(17-18-32-37(33)42(58)53(40(32)56)28-9-5-2-6-10-28)38(44)31-16-15-29(20-36(31)55)60-23-24-7-3-1-4-8-24/h1,3-4,7-8,11-17,19-20,22,28,32-34,37-38,55H,2,5-6,9-10,18,21,23H2,(H,51,52)/t32-,33+,34-,37-,38+,44+/m0/s1. The van der Waals surface area contributed by atoms with Crippen LogP contribution in [0.5, 0.6) is 11.5 Å². The number of aromatic hydroxyl groups is 1. The fraction of sp³-hybridized carbons (Fsp3) is 0.356. The van der Waals surface area contributed by atoms with Crippen LogP contribution in [-0.2, 0) is 37.4 Å². The molecule has 10 nitrogen and oxygen atoms in total. The molecule has 4 aromatic rings. The zero-order valence-corrected chi connectivity index (χ0v) is 33.5. The first-order valence-electron chi connectivity index (χ1n) is 20.0. The third kappa shape index (κ3) is 6.52. The van der Waals surface area contributed by atoms with E-state index < -0.39 is 63.6 Å². The van der Waals surface area contributed by atoms with E-state index in [2.05, 4.69) is 10.4 Å². The molecule has 2 N–H and O–H groups in total. The Morgan fingerprint density at radius 2 is 1.62 bits per heavy atom. The lowest BCUT2D eigenvalue weighted by Crippen LogP contribution is -2.53. The molecule has 5 aliphatic rings. The van der Waals surface area contributed by atoms with E-state index in [1.807, 2.05) is 36.4 Å². The van der Waals surface area contributed by atoms with Crippen molar-refractivity contribution in [1.29, 1.82) is 0 Å². The Morgan fingerprint density at radius 3 is 2.30 bits per heavy atom. The Labute approximate surface area is 353 Å². The Bertz CT molecular complexity index is 2430. The van der Waals surface area contributed by atoms with Crippen molar-refractivity contribution < 1.29 is 42.2 Å². The Balaban J connectivity index is 1.19. The summed E-state index contributed by atoms with van der Waals surface area (Å²) in [6, 6.07) is 21.1. The van der Waals surface area contributed by atoms with E-state index in [9.17, 15) is 32.7 Å². The predicted molar refractivity (Wildman–Crippen MR) is 214 cm³/mol. The van der Waals surface area contributed by atoms with Crippen LogP contribution in [0.2, 0.25) is 10.0 Å². The summed E-state index contributed by atoms with van der Waals surface area (Å²) < 4.78 is 46.8. The van der Waals surface area contributed by atoms with Crippen LogP contribution in [0.15, 0.2) is 96.7 Å². The van der Waals surface area contributed by atoms with Crippen LogP contribution in [-0.4, -0.2) is 49.7 Å². The van der Waals surface area contributed by atoms with Gasteiger partial charge in [0.1, 0.15) is 18.1 Å². The van der Waals surface area contributed by atoms with Gasteiger partial charge < -0.3 is 9.84 Å². The van der Waals surface area contributed by atoms with Gasteiger partial charge in [0.15, 0.2) is 5.82 Å². The minimum absolute atomic E-state index is 0.0282. The number of rotatable bonds is 8. The van der Waals surface area contributed by atoms with Crippen LogP contribution >= 0.6 is 23.2 Å². The van der Waals surface area contributed by atoms with Gasteiger partial charge in [-0.1, -0.05) is 103 Å². The van der Waals surface area contributed by atoms with Gasteiger partial charge >= 0.3 is 6.18 Å². The summed E-state index contributed by atoms with van der Waals surface area (Å²) in [6.45, 7) is 0.206. The number of halogens is 5. The second-order valence-corrected chi connectivity index (χ2v) is 17.1. The van der Waals surface area contributed by atoms with Crippen LogP contribution in [0.25, 0.3) is 0 Å². The van der Waals surface area contributed by atoms with E-state index in [1.165, 1.54) is 11.0 Å². The molecule has 4 fully saturated rings.